The van der Waals surface area contributed by atoms with Gasteiger partial charge in [0, 0.05) is 19.5 Å². The number of hydrogen-bond acceptors (Lipinski definition) is 3. The SMILES string of the molecule is C=C/C(=C\C=C/C)C(Cc1ccccc1)(C(C)=O)[C@@H]1CCN(CCc2ccc3c(c2)CCO3)C1. The minimum Gasteiger partial charge on any atom is -0.493 e. The topological polar surface area (TPSA) is 29.5 Å². The summed E-state index contributed by atoms with van der Waals surface area (Å²) < 4.78 is 5.65. The molecule has 1 saturated heterocycles. The third-order valence-corrected chi connectivity index (χ3v) is 7.60. The maximum absolute atomic E-state index is 13.5. The van der Waals surface area contributed by atoms with Crippen molar-refractivity contribution in [3.05, 3.63) is 102 Å². The number of ketones is 1. The molecule has 2 aromatic rings. The zero-order chi connectivity index (χ0) is 24.0. The Morgan fingerprint density at radius 1 is 1.21 bits per heavy atom. The van der Waals surface area contributed by atoms with Crippen LogP contribution in [-0.4, -0.2) is 36.9 Å². The molecule has 0 saturated carbocycles. The van der Waals surface area contributed by atoms with E-state index in [1.165, 1.54) is 16.7 Å². The molecule has 4 rings (SSSR count). The molecule has 0 radical (unpaired) electrons. The van der Waals surface area contributed by atoms with E-state index in [-0.39, 0.29) is 11.7 Å². The summed E-state index contributed by atoms with van der Waals surface area (Å²) in [5, 5.41) is 0. The first kappa shape index (κ1) is 24.2. The van der Waals surface area contributed by atoms with Crippen LogP contribution in [0.5, 0.6) is 5.75 Å². The van der Waals surface area contributed by atoms with Crippen molar-refractivity contribution in [2.24, 2.45) is 11.3 Å². The van der Waals surface area contributed by atoms with E-state index in [1.54, 1.807) is 6.92 Å². The number of ether oxygens (including phenoxy) is 1. The second-order valence-corrected chi connectivity index (χ2v) is 9.62. The maximum atomic E-state index is 13.5. The van der Waals surface area contributed by atoms with Crippen molar-refractivity contribution in [1.82, 2.24) is 4.90 Å². The Balaban J connectivity index is 1.55. The Morgan fingerprint density at radius 3 is 2.76 bits per heavy atom. The molecule has 2 aromatic carbocycles. The normalized spacial score (nSPS) is 20.2. The lowest BCUT2D eigenvalue weighted by atomic mass is 9.63. The summed E-state index contributed by atoms with van der Waals surface area (Å²) in [6, 6.07) is 17.1. The van der Waals surface area contributed by atoms with Crippen LogP contribution in [0.4, 0.5) is 0 Å². The summed E-state index contributed by atoms with van der Waals surface area (Å²) in [4.78, 5) is 16.0. The van der Waals surface area contributed by atoms with Gasteiger partial charge < -0.3 is 9.64 Å². The highest BCUT2D eigenvalue weighted by Gasteiger charge is 2.47. The predicted molar refractivity (Wildman–Crippen MR) is 140 cm³/mol. The van der Waals surface area contributed by atoms with Crippen LogP contribution in [0.2, 0.25) is 0 Å². The van der Waals surface area contributed by atoms with Crippen molar-refractivity contribution in [1.29, 1.82) is 0 Å². The van der Waals surface area contributed by atoms with Gasteiger partial charge in [0.25, 0.3) is 0 Å². The van der Waals surface area contributed by atoms with Crippen LogP contribution in [0, 0.1) is 11.3 Å². The number of carbonyl (C=O) groups is 1. The zero-order valence-corrected chi connectivity index (χ0v) is 20.6. The predicted octanol–water partition coefficient (Wildman–Crippen LogP) is 5.99. The van der Waals surface area contributed by atoms with E-state index < -0.39 is 5.41 Å². The Bertz CT molecular complexity index is 1070. The molecule has 3 nitrogen and oxygen atoms in total. The molecule has 34 heavy (non-hydrogen) atoms. The molecule has 178 valence electrons. The third kappa shape index (κ3) is 5.10. The van der Waals surface area contributed by atoms with Crippen molar-refractivity contribution in [3.8, 4) is 5.75 Å². The van der Waals surface area contributed by atoms with Crippen LogP contribution in [0.3, 0.4) is 0 Å². The minimum atomic E-state index is -0.567. The second kappa shape index (κ2) is 11.0. The maximum Gasteiger partial charge on any atom is 0.140 e. The fraction of sp³-hybridized carbons (Fsp3) is 0.387. The minimum absolute atomic E-state index is 0.234. The smallest absolute Gasteiger partial charge is 0.140 e. The number of hydrogen-bond donors (Lipinski definition) is 0. The van der Waals surface area contributed by atoms with Crippen LogP contribution in [0.25, 0.3) is 0 Å². The molecule has 0 aliphatic carbocycles. The number of rotatable bonds is 10. The molecule has 2 aliphatic heterocycles. The number of likely N-dealkylation sites (tertiary alicyclic amines) is 1. The third-order valence-electron chi connectivity index (χ3n) is 7.60. The van der Waals surface area contributed by atoms with Gasteiger partial charge >= 0.3 is 0 Å². The monoisotopic (exact) mass is 455 g/mol. The van der Waals surface area contributed by atoms with Crippen LogP contribution in [0.1, 0.15) is 37.0 Å². The fourth-order valence-electron chi connectivity index (χ4n) is 5.73. The van der Waals surface area contributed by atoms with Gasteiger partial charge in [-0.1, -0.05) is 73.3 Å². The number of carbonyl (C=O) groups excluding carboxylic acids is 1. The summed E-state index contributed by atoms with van der Waals surface area (Å²) in [6.45, 7) is 11.7. The molecule has 0 amide bonds. The summed E-state index contributed by atoms with van der Waals surface area (Å²) >= 11 is 0. The Labute approximate surface area is 204 Å². The van der Waals surface area contributed by atoms with Gasteiger partial charge in [0.1, 0.15) is 11.5 Å². The van der Waals surface area contributed by atoms with E-state index in [0.717, 1.165) is 56.8 Å². The number of benzene rings is 2. The van der Waals surface area contributed by atoms with Gasteiger partial charge in [0.05, 0.1) is 12.0 Å². The number of fused-ring (bicyclic) bond motifs is 1. The van der Waals surface area contributed by atoms with E-state index in [2.05, 4.69) is 60.0 Å². The largest absolute Gasteiger partial charge is 0.493 e. The molecule has 0 spiro atoms. The molecule has 0 N–H and O–H groups in total. The quantitative estimate of drug-likeness (QED) is 0.412. The molecule has 2 atom stereocenters. The summed E-state index contributed by atoms with van der Waals surface area (Å²) in [6.07, 6.45) is 11.8. The number of Topliss-reactive ketones (excluding diaryl/α,β-unsaturated/α-hetero) is 1. The molecule has 2 aliphatic rings. The fourth-order valence-corrected chi connectivity index (χ4v) is 5.73. The highest BCUT2D eigenvalue weighted by molar-refractivity contribution is 5.87. The standard InChI is InChI=1S/C31H37NO2/c1-4-6-12-28(5-2)31(24(3)33,22-26-10-8-7-9-11-26)29-16-19-32(23-29)18-15-25-13-14-30-27(21-25)17-20-34-30/h4-14,21,29H,2,15-20,22-23H2,1,3H3/b6-4-,28-12+/t29-,31?/m1/s1. The number of allylic oxidation sites excluding steroid dienone is 5. The van der Waals surface area contributed by atoms with Gasteiger partial charge in [-0.2, -0.15) is 0 Å². The van der Waals surface area contributed by atoms with E-state index in [4.69, 9.17) is 4.74 Å². The first-order chi connectivity index (χ1) is 16.6. The molecular weight excluding hydrogens is 418 g/mol. The summed E-state index contributed by atoms with van der Waals surface area (Å²) in [5.41, 5.74) is 4.37. The van der Waals surface area contributed by atoms with E-state index >= 15 is 0 Å². The average Bonchev–Trinajstić information content (AvgIpc) is 3.52. The van der Waals surface area contributed by atoms with Gasteiger partial charge in [0.15, 0.2) is 0 Å². The molecule has 0 aromatic heterocycles. The van der Waals surface area contributed by atoms with Gasteiger partial charge in [-0.3, -0.25) is 4.79 Å². The van der Waals surface area contributed by atoms with Gasteiger partial charge in [-0.25, -0.2) is 0 Å². The van der Waals surface area contributed by atoms with Crippen LogP contribution >= 0.6 is 0 Å². The van der Waals surface area contributed by atoms with Gasteiger partial charge in [-0.15, -0.1) is 0 Å². The molecule has 0 bridgehead atoms. The Morgan fingerprint density at radius 2 is 2.03 bits per heavy atom. The molecule has 2 heterocycles. The van der Waals surface area contributed by atoms with Crippen molar-refractivity contribution < 1.29 is 9.53 Å². The van der Waals surface area contributed by atoms with Crippen molar-refractivity contribution >= 4 is 5.78 Å². The van der Waals surface area contributed by atoms with E-state index in [1.807, 2.05) is 31.2 Å². The lowest BCUT2D eigenvalue weighted by Gasteiger charge is -2.39. The van der Waals surface area contributed by atoms with E-state index in [0.29, 0.717) is 6.42 Å². The van der Waals surface area contributed by atoms with E-state index in [9.17, 15) is 4.79 Å². The lowest BCUT2D eigenvalue weighted by molar-refractivity contribution is -0.127. The zero-order valence-electron chi connectivity index (χ0n) is 20.6. The molecule has 3 heteroatoms. The molecular formula is C31H37NO2. The summed E-state index contributed by atoms with van der Waals surface area (Å²) in [5.74, 6) is 1.53. The Hall–Kier alpha value is -2.91. The molecule has 1 fully saturated rings. The van der Waals surface area contributed by atoms with Crippen molar-refractivity contribution in [2.45, 2.75) is 39.5 Å². The first-order valence-corrected chi connectivity index (χ1v) is 12.5. The molecule has 1 unspecified atom stereocenters. The van der Waals surface area contributed by atoms with Crippen LogP contribution in [0.15, 0.2) is 85.0 Å². The highest BCUT2D eigenvalue weighted by atomic mass is 16.5. The highest BCUT2D eigenvalue weighted by Crippen LogP contribution is 2.45. The van der Waals surface area contributed by atoms with Gasteiger partial charge in [0.2, 0.25) is 0 Å². The van der Waals surface area contributed by atoms with Crippen molar-refractivity contribution in [3.63, 3.8) is 0 Å². The average molecular weight is 456 g/mol. The Kier molecular flexibility index (Phi) is 7.84. The van der Waals surface area contributed by atoms with Crippen LogP contribution < -0.4 is 4.74 Å². The first-order valence-electron chi connectivity index (χ1n) is 12.5. The number of nitrogens with zero attached hydrogens (tertiary/aromatic N) is 1. The van der Waals surface area contributed by atoms with Crippen molar-refractivity contribution in [2.75, 3.05) is 26.2 Å². The van der Waals surface area contributed by atoms with Gasteiger partial charge in [-0.05, 0) is 73.9 Å². The summed E-state index contributed by atoms with van der Waals surface area (Å²) in [7, 11) is 0. The lowest BCUT2D eigenvalue weighted by Crippen LogP contribution is -2.42. The second-order valence-electron chi connectivity index (χ2n) is 9.62. The van der Waals surface area contributed by atoms with Crippen LogP contribution in [-0.2, 0) is 24.1 Å².